The van der Waals surface area contributed by atoms with Gasteiger partial charge in [0, 0.05) is 26.2 Å². The number of nitrogens with one attached hydrogen (secondary N) is 1. The van der Waals surface area contributed by atoms with Crippen LogP contribution >= 0.6 is 0 Å². The molecule has 0 bridgehead atoms. The van der Waals surface area contributed by atoms with E-state index in [-0.39, 0.29) is 25.9 Å². The van der Waals surface area contributed by atoms with Gasteiger partial charge in [-0.05, 0) is 47.2 Å². The summed E-state index contributed by atoms with van der Waals surface area (Å²) in [4.78, 5) is 12.0. The molecule has 0 radical (unpaired) electrons. The fourth-order valence-corrected chi connectivity index (χ4v) is 6.74. The lowest BCUT2D eigenvalue weighted by atomic mass is 9.96. The van der Waals surface area contributed by atoms with E-state index in [1.165, 1.54) is 16.4 Å². The van der Waals surface area contributed by atoms with Gasteiger partial charge >= 0.3 is 12.1 Å². The number of benzene rings is 2. The van der Waals surface area contributed by atoms with E-state index in [1.807, 2.05) is 0 Å². The molecule has 2 aromatic carbocycles. The molecular weight excluding hydrogens is 445 g/mol. The second kappa shape index (κ2) is 8.49. The average molecular weight is 468 g/mol. The van der Waals surface area contributed by atoms with Crippen LogP contribution in [0.5, 0.6) is 0 Å². The fraction of sp³-hybridized carbons (Fsp3) is 0.409. The van der Waals surface area contributed by atoms with Crippen molar-refractivity contribution >= 4 is 16.0 Å². The van der Waals surface area contributed by atoms with E-state index in [0.717, 1.165) is 17.7 Å². The molecule has 1 aliphatic carbocycles. The third-order valence-electron chi connectivity index (χ3n) is 6.16. The fourth-order valence-electron chi connectivity index (χ4n) is 4.56. The Balaban J connectivity index is 1.68. The number of sulfonamides is 1. The number of fused-ring (bicyclic) bond motifs is 1. The number of nitrogens with zero attached hydrogens (tertiary/aromatic N) is 1. The van der Waals surface area contributed by atoms with Crippen molar-refractivity contribution in [3.05, 3.63) is 70.3 Å². The van der Waals surface area contributed by atoms with Gasteiger partial charge in [0.2, 0.25) is 10.0 Å². The number of aliphatic carboxylic acids is 1. The first kappa shape index (κ1) is 22.8. The Labute approximate surface area is 184 Å². The lowest BCUT2D eigenvalue weighted by Gasteiger charge is -2.31. The summed E-state index contributed by atoms with van der Waals surface area (Å²) < 4.78 is 66.6. The average Bonchev–Trinajstić information content (AvgIpc) is 3.16. The molecule has 1 saturated heterocycles. The summed E-state index contributed by atoms with van der Waals surface area (Å²) in [6.07, 6.45) is -4.07. The van der Waals surface area contributed by atoms with Crippen LogP contribution in [0.25, 0.3) is 0 Å². The highest BCUT2D eigenvalue weighted by molar-refractivity contribution is 7.89. The minimum atomic E-state index is -4.42. The van der Waals surface area contributed by atoms with Gasteiger partial charge in [0.15, 0.2) is 0 Å². The molecule has 2 aromatic rings. The molecule has 1 aliphatic heterocycles. The summed E-state index contributed by atoms with van der Waals surface area (Å²) in [5.74, 6) is -2.29. The van der Waals surface area contributed by atoms with Crippen LogP contribution in [0.1, 0.15) is 33.1 Å². The Morgan fingerprint density at radius 2 is 1.75 bits per heavy atom. The molecule has 6 nitrogen and oxygen atoms in total. The number of halogens is 3. The molecule has 1 fully saturated rings. The van der Waals surface area contributed by atoms with Crippen molar-refractivity contribution in [3.8, 4) is 0 Å². The van der Waals surface area contributed by atoms with Gasteiger partial charge in [-0.25, -0.2) is 8.42 Å². The first-order chi connectivity index (χ1) is 15.1. The minimum Gasteiger partial charge on any atom is -0.481 e. The van der Waals surface area contributed by atoms with Gasteiger partial charge in [-0.3, -0.25) is 4.79 Å². The smallest absolute Gasteiger partial charge is 0.416 e. The number of rotatable bonds is 5. The molecule has 0 amide bonds. The normalized spacial score (nSPS) is 22.0. The van der Waals surface area contributed by atoms with Crippen molar-refractivity contribution < 1.29 is 31.5 Å². The van der Waals surface area contributed by atoms with Gasteiger partial charge in [0.05, 0.1) is 11.5 Å². The molecule has 2 unspecified atom stereocenters. The maximum absolute atomic E-state index is 13.4. The molecule has 2 aliphatic rings. The number of carbonyl (C=O) groups is 1. The van der Waals surface area contributed by atoms with Crippen molar-refractivity contribution in [2.45, 2.75) is 24.3 Å². The van der Waals surface area contributed by atoms with E-state index in [4.69, 9.17) is 0 Å². The lowest BCUT2D eigenvalue weighted by Crippen LogP contribution is -2.48. The van der Waals surface area contributed by atoms with Gasteiger partial charge in [-0.1, -0.05) is 30.3 Å². The third-order valence-corrected chi connectivity index (χ3v) is 8.46. The maximum atomic E-state index is 13.4. The molecule has 172 valence electrons. The number of carboxylic acids is 1. The Bertz CT molecular complexity index is 1110. The SMILES string of the molecule is O=C(O)C1Cc2c(Cc3ccc(C(F)(F)F)cc3)cccc2C1S(=O)(=O)N1CCNCC1. The Kier molecular flexibility index (Phi) is 6.04. The lowest BCUT2D eigenvalue weighted by molar-refractivity contribution is -0.141. The predicted octanol–water partition coefficient (Wildman–Crippen LogP) is 2.83. The second-order valence-corrected chi connectivity index (χ2v) is 10.2. The summed E-state index contributed by atoms with van der Waals surface area (Å²) in [6, 6.07) is 9.91. The number of piperazine rings is 1. The van der Waals surface area contributed by atoms with Crippen LogP contribution < -0.4 is 5.32 Å². The van der Waals surface area contributed by atoms with E-state index in [1.54, 1.807) is 18.2 Å². The van der Waals surface area contributed by atoms with Gasteiger partial charge in [-0.2, -0.15) is 17.5 Å². The van der Waals surface area contributed by atoms with E-state index in [2.05, 4.69) is 5.32 Å². The van der Waals surface area contributed by atoms with Crippen LogP contribution in [0.3, 0.4) is 0 Å². The summed E-state index contributed by atoms with van der Waals surface area (Å²) in [5, 5.41) is 11.7. The summed E-state index contributed by atoms with van der Waals surface area (Å²) in [7, 11) is -3.89. The summed E-state index contributed by atoms with van der Waals surface area (Å²) >= 11 is 0. The number of hydrogen-bond acceptors (Lipinski definition) is 4. The molecule has 10 heteroatoms. The van der Waals surface area contributed by atoms with Crippen LogP contribution in [0.4, 0.5) is 13.2 Å². The highest BCUT2D eigenvalue weighted by Gasteiger charge is 2.48. The van der Waals surface area contributed by atoms with Gasteiger partial charge in [0.1, 0.15) is 5.25 Å². The standard InChI is InChI=1S/C22H23F3N2O4S/c23-22(24,25)16-6-4-14(5-7-16)12-15-2-1-3-17-18(15)13-19(21(28)29)20(17)32(30,31)27-10-8-26-9-11-27/h1-7,19-20,26H,8-13H2,(H,28,29). The van der Waals surface area contributed by atoms with Crippen molar-refractivity contribution in [1.82, 2.24) is 9.62 Å². The largest absolute Gasteiger partial charge is 0.481 e. The van der Waals surface area contributed by atoms with E-state index in [9.17, 15) is 31.5 Å². The Hall–Kier alpha value is -2.43. The number of alkyl halides is 3. The topological polar surface area (TPSA) is 86.7 Å². The van der Waals surface area contributed by atoms with E-state index >= 15 is 0 Å². The molecule has 1 heterocycles. The zero-order valence-corrected chi connectivity index (χ0v) is 17.9. The van der Waals surface area contributed by atoms with Crippen LogP contribution in [-0.4, -0.2) is 50.0 Å². The number of carboxylic acid groups (broad SMARTS) is 1. The summed E-state index contributed by atoms with van der Waals surface area (Å²) in [5.41, 5.74) is 1.75. The van der Waals surface area contributed by atoms with Crippen LogP contribution in [-0.2, 0) is 33.8 Å². The zero-order valence-electron chi connectivity index (χ0n) is 17.1. The molecule has 4 rings (SSSR count). The van der Waals surface area contributed by atoms with Gasteiger partial charge < -0.3 is 10.4 Å². The monoisotopic (exact) mass is 468 g/mol. The van der Waals surface area contributed by atoms with Crippen LogP contribution in [0.15, 0.2) is 42.5 Å². The van der Waals surface area contributed by atoms with E-state index < -0.39 is 38.9 Å². The first-order valence-corrected chi connectivity index (χ1v) is 11.8. The molecule has 0 aromatic heterocycles. The van der Waals surface area contributed by atoms with Gasteiger partial charge in [-0.15, -0.1) is 0 Å². The Morgan fingerprint density at radius 3 is 2.34 bits per heavy atom. The van der Waals surface area contributed by atoms with Crippen molar-refractivity contribution in [3.63, 3.8) is 0 Å². The highest BCUT2D eigenvalue weighted by Crippen LogP contribution is 2.45. The summed E-state index contributed by atoms with van der Waals surface area (Å²) in [6.45, 7) is 1.58. The van der Waals surface area contributed by atoms with Crippen LogP contribution in [0.2, 0.25) is 0 Å². The zero-order chi connectivity index (χ0) is 23.1. The molecule has 32 heavy (non-hydrogen) atoms. The third kappa shape index (κ3) is 4.26. The Morgan fingerprint density at radius 1 is 1.09 bits per heavy atom. The predicted molar refractivity (Wildman–Crippen MR) is 112 cm³/mol. The minimum absolute atomic E-state index is 0.0669. The van der Waals surface area contributed by atoms with E-state index in [0.29, 0.717) is 29.8 Å². The molecular formula is C22H23F3N2O4S. The maximum Gasteiger partial charge on any atom is 0.416 e. The number of hydrogen-bond donors (Lipinski definition) is 2. The second-order valence-electron chi connectivity index (χ2n) is 8.12. The van der Waals surface area contributed by atoms with Crippen molar-refractivity contribution in [1.29, 1.82) is 0 Å². The molecule has 2 atom stereocenters. The quantitative estimate of drug-likeness (QED) is 0.705. The molecule has 0 spiro atoms. The molecule has 2 N–H and O–H groups in total. The van der Waals surface area contributed by atoms with Crippen molar-refractivity contribution in [2.75, 3.05) is 26.2 Å². The van der Waals surface area contributed by atoms with Crippen LogP contribution in [0, 0.1) is 5.92 Å². The first-order valence-electron chi connectivity index (χ1n) is 10.3. The highest BCUT2D eigenvalue weighted by atomic mass is 32.2. The van der Waals surface area contributed by atoms with Crippen molar-refractivity contribution in [2.24, 2.45) is 5.92 Å². The van der Waals surface area contributed by atoms with Gasteiger partial charge in [0.25, 0.3) is 0 Å². The molecule has 0 saturated carbocycles.